The van der Waals surface area contributed by atoms with Crippen molar-refractivity contribution in [2.75, 3.05) is 32.9 Å². The predicted octanol–water partition coefficient (Wildman–Crippen LogP) is 1.12. The molecule has 88 valence electrons. The molecule has 0 unspecified atom stereocenters. The van der Waals surface area contributed by atoms with E-state index in [4.69, 9.17) is 9.47 Å². The van der Waals surface area contributed by atoms with Crippen molar-refractivity contribution < 1.29 is 14.3 Å². The van der Waals surface area contributed by atoms with Gasteiger partial charge in [-0.05, 0) is 26.8 Å². The molecule has 1 N–H and O–H groups in total. The van der Waals surface area contributed by atoms with E-state index in [1.54, 1.807) is 6.92 Å². The van der Waals surface area contributed by atoms with Gasteiger partial charge in [-0.3, -0.25) is 0 Å². The molecule has 0 saturated carbocycles. The van der Waals surface area contributed by atoms with Gasteiger partial charge >= 0.3 is 5.97 Å². The molecule has 0 rings (SSSR count). The first-order chi connectivity index (χ1) is 7.18. The molecule has 0 aliphatic carbocycles. The molecule has 0 aromatic rings. The molecule has 0 aromatic heterocycles. The van der Waals surface area contributed by atoms with E-state index in [1.807, 2.05) is 6.92 Å². The van der Waals surface area contributed by atoms with Gasteiger partial charge in [-0.15, -0.1) is 0 Å². The van der Waals surface area contributed by atoms with Crippen molar-refractivity contribution in [3.05, 3.63) is 12.2 Å². The van der Waals surface area contributed by atoms with Gasteiger partial charge < -0.3 is 14.8 Å². The number of rotatable bonds is 9. The van der Waals surface area contributed by atoms with E-state index >= 15 is 0 Å². The standard InChI is InChI=1S/C11H21NO3/c1-4-14-9-7-12-6-5-8-15-11(13)10(2)3/h12H,2,4-9H2,1,3H3. The van der Waals surface area contributed by atoms with Crippen molar-refractivity contribution in [1.29, 1.82) is 0 Å². The summed E-state index contributed by atoms with van der Waals surface area (Å²) in [5, 5.41) is 3.18. The summed E-state index contributed by atoms with van der Waals surface area (Å²) in [5.41, 5.74) is 0.444. The van der Waals surface area contributed by atoms with E-state index < -0.39 is 0 Å². The van der Waals surface area contributed by atoms with E-state index in [-0.39, 0.29) is 5.97 Å². The lowest BCUT2D eigenvalue weighted by molar-refractivity contribution is -0.139. The third-order valence-electron chi connectivity index (χ3n) is 1.71. The lowest BCUT2D eigenvalue weighted by atomic mass is 10.3. The average molecular weight is 215 g/mol. The van der Waals surface area contributed by atoms with Crippen LogP contribution in [0.25, 0.3) is 0 Å². The normalized spacial score (nSPS) is 10.0. The second kappa shape index (κ2) is 9.68. The maximum absolute atomic E-state index is 11.0. The van der Waals surface area contributed by atoms with Gasteiger partial charge in [0.2, 0.25) is 0 Å². The molecule has 0 heterocycles. The monoisotopic (exact) mass is 215 g/mol. The Balaban J connectivity index is 3.11. The lowest BCUT2D eigenvalue weighted by Gasteiger charge is -2.05. The molecule has 0 fully saturated rings. The van der Waals surface area contributed by atoms with Crippen LogP contribution in [0.1, 0.15) is 20.3 Å². The van der Waals surface area contributed by atoms with E-state index in [0.29, 0.717) is 12.2 Å². The minimum absolute atomic E-state index is 0.315. The molecule has 0 bridgehead atoms. The van der Waals surface area contributed by atoms with E-state index in [2.05, 4.69) is 11.9 Å². The molecule has 0 amide bonds. The van der Waals surface area contributed by atoms with Gasteiger partial charge in [-0.25, -0.2) is 4.79 Å². The van der Waals surface area contributed by atoms with Gasteiger partial charge in [-0.1, -0.05) is 6.58 Å². The van der Waals surface area contributed by atoms with Crippen molar-refractivity contribution in [2.45, 2.75) is 20.3 Å². The largest absolute Gasteiger partial charge is 0.462 e. The molecule has 4 heteroatoms. The van der Waals surface area contributed by atoms with Crippen molar-refractivity contribution in [1.82, 2.24) is 5.32 Å². The second-order valence-electron chi connectivity index (χ2n) is 3.22. The Morgan fingerprint density at radius 2 is 2.07 bits per heavy atom. The summed E-state index contributed by atoms with van der Waals surface area (Å²) in [6.07, 6.45) is 0.811. The molecule has 0 aromatic carbocycles. The molecule has 0 atom stereocenters. The number of carbonyl (C=O) groups is 1. The Morgan fingerprint density at radius 1 is 1.33 bits per heavy atom. The highest BCUT2D eigenvalue weighted by atomic mass is 16.5. The predicted molar refractivity (Wildman–Crippen MR) is 59.8 cm³/mol. The van der Waals surface area contributed by atoms with E-state index in [9.17, 15) is 4.79 Å². The van der Waals surface area contributed by atoms with Gasteiger partial charge in [0.25, 0.3) is 0 Å². The van der Waals surface area contributed by atoms with Crippen LogP contribution in [0, 0.1) is 0 Å². The molecule has 4 nitrogen and oxygen atoms in total. The minimum Gasteiger partial charge on any atom is -0.462 e. The van der Waals surface area contributed by atoms with Crippen LogP contribution in [-0.4, -0.2) is 38.9 Å². The summed E-state index contributed by atoms with van der Waals surface area (Å²) in [6, 6.07) is 0. The first-order valence-electron chi connectivity index (χ1n) is 5.29. The second-order valence-corrected chi connectivity index (χ2v) is 3.22. The number of ether oxygens (including phenoxy) is 2. The summed E-state index contributed by atoms with van der Waals surface area (Å²) in [5.74, 6) is -0.315. The Labute approximate surface area is 91.6 Å². The molecule has 0 aliphatic rings. The van der Waals surface area contributed by atoms with Gasteiger partial charge in [0, 0.05) is 18.7 Å². The zero-order valence-corrected chi connectivity index (χ0v) is 9.67. The van der Waals surface area contributed by atoms with Crippen LogP contribution < -0.4 is 5.32 Å². The van der Waals surface area contributed by atoms with Crippen molar-refractivity contribution in [3.63, 3.8) is 0 Å². The highest BCUT2D eigenvalue weighted by Crippen LogP contribution is 1.92. The highest BCUT2D eigenvalue weighted by molar-refractivity contribution is 5.86. The third kappa shape index (κ3) is 9.43. The quantitative estimate of drug-likeness (QED) is 0.356. The van der Waals surface area contributed by atoms with Crippen LogP contribution in [0.2, 0.25) is 0 Å². The minimum atomic E-state index is -0.315. The average Bonchev–Trinajstić information content (AvgIpc) is 2.21. The Morgan fingerprint density at radius 3 is 2.67 bits per heavy atom. The summed E-state index contributed by atoms with van der Waals surface area (Å²) >= 11 is 0. The van der Waals surface area contributed by atoms with Gasteiger partial charge in [0.05, 0.1) is 13.2 Å². The molecular formula is C11H21NO3. The summed E-state index contributed by atoms with van der Waals surface area (Å²) in [7, 11) is 0. The van der Waals surface area contributed by atoms with Crippen LogP contribution in [-0.2, 0) is 14.3 Å². The Kier molecular flexibility index (Phi) is 9.11. The maximum atomic E-state index is 11.0. The van der Waals surface area contributed by atoms with Crippen LogP contribution in [0.5, 0.6) is 0 Å². The number of hydrogen-bond donors (Lipinski definition) is 1. The highest BCUT2D eigenvalue weighted by Gasteiger charge is 2.01. The summed E-state index contributed by atoms with van der Waals surface area (Å²) in [6.45, 7) is 10.7. The van der Waals surface area contributed by atoms with Crippen LogP contribution >= 0.6 is 0 Å². The summed E-state index contributed by atoms with van der Waals surface area (Å²) in [4.78, 5) is 11.0. The molecule has 0 saturated heterocycles. The molecule has 0 aliphatic heterocycles. The van der Waals surface area contributed by atoms with Crippen molar-refractivity contribution >= 4 is 5.97 Å². The van der Waals surface area contributed by atoms with Crippen molar-refractivity contribution in [2.24, 2.45) is 0 Å². The first-order valence-corrected chi connectivity index (χ1v) is 5.29. The fraction of sp³-hybridized carbons (Fsp3) is 0.727. The fourth-order valence-electron chi connectivity index (χ4n) is 0.899. The summed E-state index contributed by atoms with van der Waals surface area (Å²) < 4.78 is 10.1. The number of hydrogen-bond acceptors (Lipinski definition) is 4. The maximum Gasteiger partial charge on any atom is 0.333 e. The molecular weight excluding hydrogens is 194 g/mol. The number of carbonyl (C=O) groups excluding carboxylic acids is 1. The number of nitrogens with one attached hydrogen (secondary N) is 1. The van der Waals surface area contributed by atoms with Crippen molar-refractivity contribution in [3.8, 4) is 0 Å². The van der Waals surface area contributed by atoms with Crippen LogP contribution in [0.3, 0.4) is 0 Å². The zero-order valence-electron chi connectivity index (χ0n) is 9.67. The van der Waals surface area contributed by atoms with Crippen LogP contribution in [0.4, 0.5) is 0 Å². The van der Waals surface area contributed by atoms with Gasteiger partial charge in [-0.2, -0.15) is 0 Å². The molecule has 15 heavy (non-hydrogen) atoms. The Bertz CT molecular complexity index is 192. The zero-order chi connectivity index (χ0) is 11.5. The van der Waals surface area contributed by atoms with Crippen LogP contribution in [0.15, 0.2) is 12.2 Å². The SMILES string of the molecule is C=C(C)C(=O)OCCCNCCOCC. The third-order valence-corrected chi connectivity index (χ3v) is 1.71. The topological polar surface area (TPSA) is 47.6 Å². The smallest absolute Gasteiger partial charge is 0.333 e. The lowest BCUT2D eigenvalue weighted by Crippen LogP contribution is -2.22. The molecule has 0 spiro atoms. The molecule has 0 radical (unpaired) electrons. The number of esters is 1. The van der Waals surface area contributed by atoms with Gasteiger partial charge in [0.15, 0.2) is 0 Å². The van der Waals surface area contributed by atoms with E-state index in [0.717, 1.165) is 32.7 Å². The first kappa shape index (κ1) is 14.1. The fourth-order valence-corrected chi connectivity index (χ4v) is 0.899. The Hall–Kier alpha value is -0.870. The van der Waals surface area contributed by atoms with E-state index in [1.165, 1.54) is 0 Å². The van der Waals surface area contributed by atoms with Gasteiger partial charge in [0.1, 0.15) is 0 Å².